The van der Waals surface area contributed by atoms with E-state index in [1.165, 1.54) is 23.5 Å². The molecule has 0 saturated heterocycles. The van der Waals surface area contributed by atoms with Crippen LogP contribution in [0.25, 0.3) is 0 Å². The third kappa shape index (κ3) is 6.35. The van der Waals surface area contributed by atoms with Crippen molar-refractivity contribution in [1.29, 1.82) is 0 Å². The summed E-state index contributed by atoms with van der Waals surface area (Å²) in [6.45, 7) is 3.76. The number of rotatable bonds is 6. The summed E-state index contributed by atoms with van der Waals surface area (Å²) in [5.74, 6) is 4.21. The molecule has 5 rings (SSSR count). The SMILES string of the molecule is CC(C(=O)ON(C(N)=O)C(C)C#Cc1ccc(Cc2ccc(F)cc2)s1)c1ccc(N2Cc3ccccc3C2=O)cc1. The smallest absolute Gasteiger partial charge is 0.349 e. The van der Waals surface area contributed by atoms with E-state index in [0.29, 0.717) is 24.1 Å². The zero-order chi connectivity index (χ0) is 29.8. The number of amides is 3. The fourth-order valence-electron chi connectivity index (χ4n) is 4.61. The van der Waals surface area contributed by atoms with E-state index in [1.807, 2.05) is 36.4 Å². The number of nitrogens with two attached hydrogens (primary N) is 1. The van der Waals surface area contributed by atoms with Gasteiger partial charge in [0.25, 0.3) is 5.91 Å². The van der Waals surface area contributed by atoms with Crippen molar-refractivity contribution in [3.63, 3.8) is 0 Å². The molecule has 2 N–H and O–H groups in total. The van der Waals surface area contributed by atoms with Crippen molar-refractivity contribution in [2.45, 2.75) is 38.8 Å². The maximum Gasteiger partial charge on any atom is 0.349 e. The van der Waals surface area contributed by atoms with Gasteiger partial charge in [0.1, 0.15) is 11.9 Å². The molecule has 0 aliphatic carbocycles. The number of hydrogen-bond acceptors (Lipinski definition) is 5. The summed E-state index contributed by atoms with van der Waals surface area (Å²) in [4.78, 5) is 46.8. The normalized spacial score (nSPS) is 13.5. The Bertz CT molecular complexity index is 1690. The molecule has 4 aromatic rings. The van der Waals surface area contributed by atoms with Gasteiger partial charge in [0.2, 0.25) is 0 Å². The Kier molecular flexibility index (Phi) is 8.36. The Labute approximate surface area is 247 Å². The lowest BCUT2D eigenvalue weighted by molar-refractivity contribution is -0.181. The molecule has 0 bridgehead atoms. The van der Waals surface area contributed by atoms with Crippen LogP contribution in [0.5, 0.6) is 0 Å². The number of nitrogens with zero attached hydrogens (tertiary/aromatic N) is 2. The van der Waals surface area contributed by atoms with Crippen LogP contribution in [0.3, 0.4) is 0 Å². The number of halogens is 1. The van der Waals surface area contributed by atoms with Gasteiger partial charge in [-0.1, -0.05) is 54.3 Å². The third-order valence-corrected chi connectivity index (χ3v) is 8.00. The van der Waals surface area contributed by atoms with Crippen LogP contribution in [0.2, 0.25) is 0 Å². The average Bonchev–Trinajstić information content (AvgIpc) is 3.59. The molecule has 9 heteroatoms. The van der Waals surface area contributed by atoms with Gasteiger partial charge in [-0.3, -0.25) is 4.79 Å². The van der Waals surface area contributed by atoms with E-state index < -0.39 is 24.0 Å². The van der Waals surface area contributed by atoms with Gasteiger partial charge in [-0.25, -0.2) is 14.0 Å². The van der Waals surface area contributed by atoms with Crippen molar-refractivity contribution in [2.24, 2.45) is 5.73 Å². The first kappa shape index (κ1) is 28.6. The van der Waals surface area contributed by atoms with E-state index in [4.69, 9.17) is 10.6 Å². The van der Waals surface area contributed by atoms with Gasteiger partial charge in [0.05, 0.1) is 17.3 Å². The van der Waals surface area contributed by atoms with Crippen LogP contribution in [-0.4, -0.2) is 29.0 Å². The monoisotopic (exact) mass is 581 g/mol. The fourth-order valence-corrected chi connectivity index (χ4v) is 5.51. The highest BCUT2D eigenvalue weighted by Gasteiger charge is 2.29. The number of hydroxylamine groups is 2. The van der Waals surface area contributed by atoms with Crippen LogP contribution in [0.15, 0.2) is 84.9 Å². The number of hydrogen-bond donors (Lipinski definition) is 1. The number of carbonyl (C=O) groups excluding carboxylic acids is 3. The molecule has 3 amide bonds. The number of carbonyl (C=O) groups is 3. The van der Waals surface area contributed by atoms with E-state index in [1.54, 1.807) is 55.1 Å². The van der Waals surface area contributed by atoms with Gasteiger partial charge < -0.3 is 15.5 Å². The van der Waals surface area contributed by atoms with E-state index in [2.05, 4.69) is 11.8 Å². The number of primary amides is 1. The van der Waals surface area contributed by atoms with Gasteiger partial charge >= 0.3 is 12.0 Å². The van der Waals surface area contributed by atoms with Crippen molar-refractivity contribution >= 4 is 34.9 Å². The van der Waals surface area contributed by atoms with Crippen molar-refractivity contribution in [3.8, 4) is 11.8 Å². The second-order valence-electron chi connectivity index (χ2n) is 9.95. The van der Waals surface area contributed by atoms with Crippen molar-refractivity contribution in [2.75, 3.05) is 4.90 Å². The lowest BCUT2D eigenvalue weighted by atomic mass is 10.0. The van der Waals surface area contributed by atoms with Gasteiger partial charge in [-0.2, -0.15) is 0 Å². The van der Waals surface area contributed by atoms with Crippen LogP contribution < -0.4 is 10.6 Å². The molecule has 1 aliphatic heterocycles. The lowest BCUT2D eigenvalue weighted by Gasteiger charge is -2.24. The molecule has 1 aliphatic rings. The zero-order valence-corrected chi connectivity index (χ0v) is 23.9. The first-order valence-electron chi connectivity index (χ1n) is 13.3. The van der Waals surface area contributed by atoms with Gasteiger partial charge in [-0.05, 0) is 73.0 Å². The van der Waals surface area contributed by atoms with E-state index in [9.17, 15) is 18.8 Å². The van der Waals surface area contributed by atoms with E-state index >= 15 is 0 Å². The molecule has 0 fully saturated rings. The maximum absolute atomic E-state index is 13.2. The largest absolute Gasteiger partial charge is 0.349 e. The first-order chi connectivity index (χ1) is 20.2. The van der Waals surface area contributed by atoms with E-state index in [0.717, 1.165) is 31.6 Å². The zero-order valence-electron chi connectivity index (χ0n) is 23.0. The van der Waals surface area contributed by atoms with Crippen molar-refractivity contribution in [1.82, 2.24) is 5.06 Å². The van der Waals surface area contributed by atoms with E-state index in [-0.39, 0.29) is 11.7 Å². The number of urea groups is 1. The second kappa shape index (κ2) is 12.3. The minimum atomic E-state index is -0.942. The highest BCUT2D eigenvalue weighted by molar-refractivity contribution is 7.12. The third-order valence-electron chi connectivity index (χ3n) is 6.99. The molecule has 7 nitrogen and oxygen atoms in total. The minimum Gasteiger partial charge on any atom is -0.349 e. The molecular formula is C33H28FN3O4S. The summed E-state index contributed by atoms with van der Waals surface area (Å²) in [5, 5.41) is 0.771. The molecule has 1 aromatic heterocycles. The lowest BCUT2D eigenvalue weighted by Crippen LogP contribution is -2.43. The number of anilines is 1. The minimum absolute atomic E-state index is 0.0651. The molecular weight excluding hydrogens is 553 g/mol. The number of benzene rings is 3. The average molecular weight is 582 g/mol. The standard InChI is InChI=1S/C33H28FN3O4S/c1-21(7-16-28-17-18-29(42-28)19-23-8-12-26(34)13-9-23)37(33(35)40)41-32(39)22(2)24-10-14-27(15-11-24)36-20-25-5-3-4-6-30(25)31(36)38/h3-6,8-15,17-18,21-22H,19-20H2,1-2H3,(H2,35,40). The highest BCUT2D eigenvalue weighted by atomic mass is 32.1. The summed E-state index contributed by atoms with van der Waals surface area (Å²) in [6.07, 6.45) is 0.647. The quantitative estimate of drug-likeness (QED) is 0.223. The Morgan fingerprint density at radius 2 is 1.74 bits per heavy atom. The van der Waals surface area contributed by atoms with Crippen LogP contribution in [0.4, 0.5) is 14.9 Å². The van der Waals surface area contributed by atoms with Gasteiger partial charge in [0, 0.05) is 22.5 Å². The summed E-state index contributed by atoms with van der Waals surface area (Å²) in [5.41, 5.74) is 9.53. The number of fused-ring (bicyclic) bond motifs is 1. The molecule has 2 heterocycles. The Balaban J connectivity index is 1.20. The predicted molar refractivity (Wildman–Crippen MR) is 159 cm³/mol. The predicted octanol–water partition coefficient (Wildman–Crippen LogP) is 6.02. The van der Waals surface area contributed by atoms with Crippen LogP contribution in [-0.2, 0) is 22.6 Å². The molecule has 42 heavy (non-hydrogen) atoms. The Morgan fingerprint density at radius 3 is 2.43 bits per heavy atom. The molecule has 212 valence electrons. The number of thiophene rings is 1. The summed E-state index contributed by atoms with van der Waals surface area (Å²) in [6, 6.07) is 23.0. The van der Waals surface area contributed by atoms with Crippen molar-refractivity contribution < 1.29 is 23.6 Å². The molecule has 0 radical (unpaired) electrons. The molecule has 0 saturated carbocycles. The molecule has 2 unspecified atom stereocenters. The van der Waals surface area contributed by atoms with Gasteiger partial charge in [0.15, 0.2) is 0 Å². The van der Waals surface area contributed by atoms with Crippen LogP contribution in [0.1, 0.15) is 56.6 Å². The first-order valence-corrected chi connectivity index (χ1v) is 14.2. The Morgan fingerprint density at radius 1 is 1.02 bits per heavy atom. The maximum atomic E-state index is 13.2. The molecule has 3 aromatic carbocycles. The molecule has 2 atom stereocenters. The Hall–Kier alpha value is -4.94. The van der Waals surface area contributed by atoms with Crippen molar-refractivity contribution in [3.05, 3.63) is 123 Å². The highest BCUT2D eigenvalue weighted by Crippen LogP contribution is 2.29. The molecule has 0 spiro atoms. The summed E-state index contributed by atoms with van der Waals surface area (Å²) in [7, 11) is 0. The summed E-state index contributed by atoms with van der Waals surface area (Å²) < 4.78 is 13.2. The summed E-state index contributed by atoms with van der Waals surface area (Å²) >= 11 is 1.48. The van der Waals surface area contributed by atoms with Gasteiger partial charge in [-0.15, -0.1) is 16.4 Å². The second-order valence-corrected chi connectivity index (χ2v) is 11.1. The fraction of sp³-hybridized carbons (Fsp3) is 0.182. The van der Waals surface area contributed by atoms with Crippen LogP contribution in [0, 0.1) is 17.7 Å². The topological polar surface area (TPSA) is 92.9 Å². The van der Waals surface area contributed by atoms with Crippen LogP contribution >= 0.6 is 11.3 Å².